The van der Waals surface area contributed by atoms with Gasteiger partial charge in [-0.25, -0.2) is 0 Å². The van der Waals surface area contributed by atoms with Gasteiger partial charge in [0.05, 0.1) is 0 Å². The van der Waals surface area contributed by atoms with Gasteiger partial charge in [-0.2, -0.15) is 0 Å². The van der Waals surface area contributed by atoms with Crippen LogP contribution in [0, 0.1) is 0 Å². The van der Waals surface area contributed by atoms with Crippen molar-refractivity contribution in [2.45, 2.75) is 57.5 Å². The van der Waals surface area contributed by atoms with Crippen LogP contribution in [0.15, 0.2) is 12.3 Å². The molecule has 0 aromatic heterocycles. The van der Waals surface area contributed by atoms with E-state index in [4.69, 9.17) is 0 Å². The Morgan fingerprint density at radius 2 is 1.74 bits per heavy atom. The number of likely N-dealkylation sites (tertiary alicyclic amines) is 2. The molecule has 0 aromatic rings. The lowest BCUT2D eigenvalue weighted by molar-refractivity contribution is 0.0946. The molecule has 0 spiro atoms. The van der Waals surface area contributed by atoms with Gasteiger partial charge in [0.2, 0.25) is 0 Å². The van der Waals surface area contributed by atoms with Crippen molar-refractivity contribution in [3.8, 4) is 0 Å². The first kappa shape index (κ1) is 14.9. The van der Waals surface area contributed by atoms with E-state index >= 15 is 0 Å². The predicted molar refractivity (Wildman–Crippen MR) is 82.3 cm³/mol. The quantitative estimate of drug-likeness (QED) is 0.824. The molecule has 0 radical (unpaired) electrons. The smallest absolute Gasteiger partial charge is 0.0189 e. The average Bonchev–Trinajstić information content (AvgIpc) is 2.48. The highest BCUT2D eigenvalue weighted by Gasteiger charge is 2.27. The Labute approximate surface area is 119 Å². The molecule has 2 saturated heterocycles. The second kappa shape index (κ2) is 7.30. The molecule has 19 heavy (non-hydrogen) atoms. The third-order valence-corrected chi connectivity index (χ3v) is 4.90. The number of piperidine rings is 2. The fourth-order valence-corrected chi connectivity index (χ4v) is 3.55. The summed E-state index contributed by atoms with van der Waals surface area (Å²) in [5.74, 6) is 0. The van der Waals surface area contributed by atoms with Gasteiger partial charge in [0, 0.05) is 30.9 Å². The highest BCUT2D eigenvalue weighted by Crippen LogP contribution is 2.23. The van der Waals surface area contributed by atoms with Crippen LogP contribution in [0.1, 0.15) is 45.4 Å². The Bertz CT molecular complexity index is 274. The normalized spacial score (nSPS) is 23.8. The Kier molecular flexibility index (Phi) is 5.71. The molecule has 0 aromatic carbocycles. The molecule has 3 heteroatoms. The SMILES string of the molecule is C=C(CCC)N1CCC(N2CCC(NC)CC2)CC1. The first-order valence-electron chi connectivity index (χ1n) is 8.08. The lowest BCUT2D eigenvalue weighted by Crippen LogP contribution is -2.49. The zero-order chi connectivity index (χ0) is 13.7. The minimum Gasteiger partial charge on any atom is -0.375 e. The van der Waals surface area contributed by atoms with Crippen molar-refractivity contribution < 1.29 is 0 Å². The molecule has 2 heterocycles. The first-order valence-corrected chi connectivity index (χ1v) is 8.08. The maximum Gasteiger partial charge on any atom is 0.0189 e. The second-order valence-corrected chi connectivity index (χ2v) is 6.13. The summed E-state index contributed by atoms with van der Waals surface area (Å²) in [6.07, 6.45) is 7.67. The van der Waals surface area contributed by atoms with E-state index in [0.717, 1.165) is 18.5 Å². The maximum atomic E-state index is 4.23. The molecule has 3 nitrogen and oxygen atoms in total. The predicted octanol–water partition coefficient (Wildman–Crippen LogP) is 2.45. The molecule has 2 fully saturated rings. The summed E-state index contributed by atoms with van der Waals surface area (Å²) in [6, 6.07) is 1.57. The molecule has 2 aliphatic heterocycles. The van der Waals surface area contributed by atoms with Crippen LogP contribution in [-0.2, 0) is 0 Å². The van der Waals surface area contributed by atoms with Crippen LogP contribution in [0.25, 0.3) is 0 Å². The van der Waals surface area contributed by atoms with E-state index in [9.17, 15) is 0 Å². The van der Waals surface area contributed by atoms with Crippen molar-refractivity contribution in [3.63, 3.8) is 0 Å². The van der Waals surface area contributed by atoms with Gasteiger partial charge < -0.3 is 15.1 Å². The molecule has 0 aliphatic carbocycles. The molecule has 0 amide bonds. The third kappa shape index (κ3) is 3.96. The number of hydrogen-bond acceptors (Lipinski definition) is 3. The van der Waals surface area contributed by atoms with E-state index in [1.165, 1.54) is 64.0 Å². The fraction of sp³-hybridized carbons (Fsp3) is 0.875. The third-order valence-electron chi connectivity index (χ3n) is 4.90. The maximum absolute atomic E-state index is 4.23. The molecule has 110 valence electrons. The molecule has 2 aliphatic rings. The Morgan fingerprint density at radius 1 is 1.11 bits per heavy atom. The topological polar surface area (TPSA) is 18.5 Å². The summed E-state index contributed by atoms with van der Waals surface area (Å²) < 4.78 is 0. The minimum absolute atomic E-state index is 0.751. The molecule has 0 bridgehead atoms. The summed E-state index contributed by atoms with van der Waals surface area (Å²) in [7, 11) is 2.10. The summed E-state index contributed by atoms with van der Waals surface area (Å²) in [5.41, 5.74) is 1.36. The summed E-state index contributed by atoms with van der Waals surface area (Å²) >= 11 is 0. The van der Waals surface area contributed by atoms with Crippen molar-refractivity contribution in [2.24, 2.45) is 0 Å². The molecule has 2 rings (SSSR count). The standard InChI is InChI=1S/C16H31N3/c1-4-5-14(2)18-12-8-16(9-13-18)19-10-6-15(17-3)7-11-19/h15-17H,2,4-13H2,1,3H3. The van der Waals surface area contributed by atoms with Crippen molar-refractivity contribution in [3.05, 3.63) is 12.3 Å². The molecular weight excluding hydrogens is 234 g/mol. The molecule has 0 saturated carbocycles. The lowest BCUT2D eigenvalue weighted by atomic mass is 9.97. The Morgan fingerprint density at radius 3 is 2.26 bits per heavy atom. The van der Waals surface area contributed by atoms with Crippen molar-refractivity contribution in [2.75, 3.05) is 33.2 Å². The van der Waals surface area contributed by atoms with Gasteiger partial charge in [-0.3, -0.25) is 0 Å². The van der Waals surface area contributed by atoms with Gasteiger partial charge >= 0.3 is 0 Å². The van der Waals surface area contributed by atoms with Gasteiger partial charge in [0.25, 0.3) is 0 Å². The second-order valence-electron chi connectivity index (χ2n) is 6.13. The lowest BCUT2D eigenvalue weighted by Gasteiger charge is -2.42. The van der Waals surface area contributed by atoms with Crippen molar-refractivity contribution in [1.82, 2.24) is 15.1 Å². The summed E-state index contributed by atoms with van der Waals surface area (Å²) in [5, 5.41) is 3.42. The molecule has 1 N–H and O–H groups in total. The van der Waals surface area contributed by atoms with E-state index in [0.29, 0.717) is 0 Å². The van der Waals surface area contributed by atoms with Gasteiger partial charge in [-0.05, 0) is 52.2 Å². The summed E-state index contributed by atoms with van der Waals surface area (Å²) in [6.45, 7) is 11.5. The van der Waals surface area contributed by atoms with E-state index in [-0.39, 0.29) is 0 Å². The molecule has 0 unspecified atom stereocenters. The summed E-state index contributed by atoms with van der Waals surface area (Å²) in [4.78, 5) is 5.24. The fourth-order valence-electron chi connectivity index (χ4n) is 3.55. The zero-order valence-corrected chi connectivity index (χ0v) is 12.8. The highest BCUT2D eigenvalue weighted by atomic mass is 15.2. The van der Waals surface area contributed by atoms with Gasteiger partial charge in [-0.1, -0.05) is 19.9 Å². The minimum atomic E-state index is 0.751. The Hall–Kier alpha value is -0.540. The Balaban J connectivity index is 1.73. The van der Waals surface area contributed by atoms with Crippen molar-refractivity contribution in [1.29, 1.82) is 0 Å². The van der Waals surface area contributed by atoms with Crippen LogP contribution >= 0.6 is 0 Å². The highest BCUT2D eigenvalue weighted by molar-refractivity contribution is 4.97. The van der Waals surface area contributed by atoms with Crippen LogP contribution in [0.4, 0.5) is 0 Å². The van der Waals surface area contributed by atoms with Crippen LogP contribution in [0.5, 0.6) is 0 Å². The number of hydrogen-bond donors (Lipinski definition) is 1. The van der Waals surface area contributed by atoms with Crippen LogP contribution in [-0.4, -0.2) is 55.1 Å². The largest absolute Gasteiger partial charge is 0.375 e. The van der Waals surface area contributed by atoms with Crippen LogP contribution in [0.3, 0.4) is 0 Å². The monoisotopic (exact) mass is 265 g/mol. The van der Waals surface area contributed by atoms with Gasteiger partial charge in [-0.15, -0.1) is 0 Å². The van der Waals surface area contributed by atoms with Crippen LogP contribution in [0.2, 0.25) is 0 Å². The number of rotatable bonds is 5. The number of nitrogens with zero attached hydrogens (tertiary/aromatic N) is 2. The van der Waals surface area contributed by atoms with E-state index in [1.54, 1.807) is 0 Å². The van der Waals surface area contributed by atoms with E-state index in [1.807, 2.05) is 0 Å². The van der Waals surface area contributed by atoms with E-state index < -0.39 is 0 Å². The number of nitrogens with one attached hydrogen (secondary N) is 1. The van der Waals surface area contributed by atoms with E-state index in [2.05, 4.69) is 35.7 Å². The zero-order valence-electron chi connectivity index (χ0n) is 12.8. The van der Waals surface area contributed by atoms with Gasteiger partial charge in [0.15, 0.2) is 0 Å². The molecular formula is C16H31N3. The average molecular weight is 265 g/mol. The number of allylic oxidation sites excluding steroid dienone is 1. The molecule has 0 atom stereocenters. The van der Waals surface area contributed by atoms with Crippen LogP contribution < -0.4 is 5.32 Å². The first-order chi connectivity index (χ1) is 9.24. The van der Waals surface area contributed by atoms with Gasteiger partial charge in [0.1, 0.15) is 0 Å². The van der Waals surface area contributed by atoms with Crippen molar-refractivity contribution >= 4 is 0 Å².